The van der Waals surface area contributed by atoms with Gasteiger partial charge < -0.3 is 15.2 Å². The molecule has 0 unspecified atom stereocenters. The number of anilines is 2. The summed E-state index contributed by atoms with van der Waals surface area (Å²) in [6.45, 7) is 7.92. The van der Waals surface area contributed by atoms with Gasteiger partial charge in [-0.1, -0.05) is 56.3 Å². The summed E-state index contributed by atoms with van der Waals surface area (Å²) in [5.41, 5.74) is 1.90. The Morgan fingerprint density at radius 3 is 2.23 bits per heavy atom. The molecule has 3 aromatic rings. The maximum absolute atomic E-state index is 12.5. The van der Waals surface area contributed by atoms with E-state index in [1.807, 2.05) is 58.0 Å². The van der Waals surface area contributed by atoms with Gasteiger partial charge in [0.15, 0.2) is 5.82 Å². The number of rotatable bonds is 5. The molecule has 1 heterocycles. The van der Waals surface area contributed by atoms with Crippen LogP contribution in [0.2, 0.25) is 0 Å². The molecule has 0 aliphatic carbocycles. The lowest BCUT2D eigenvalue weighted by Crippen LogP contribution is -2.26. The van der Waals surface area contributed by atoms with Crippen molar-refractivity contribution in [1.82, 2.24) is 10.5 Å². The SMILES string of the molecule is C[C@H](NC(=O)c1ccc(NC(=O)Nc2cc(C(C)(C)C)on2)cc1)c1ccccc1. The third-order valence-electron chi connectivity index (χ3n) is 4.54. The summed E-state index contributed by atoms with van der Waals surface area (Å²) in [5.74, 6) is 0.834. The van der Waals surface area contributed by atoms with Crippen LogP contribution in [0.3, 0.4) is 0 Å². The number of nitrogens with one attached hydrogen (secondary N) is 3. The Morgan fingerprint density at radius 2 is 1.63 bits per heavy atom. The van der Waals surface area contributed by atoms with Gasteiger partial charge in [-0.05, 0) is 36.8 Å². The van der Waals surface area contributed by atoms with Crippen molar-refractivity contribution < 1.29 is 14.1 Å². The summed E-state index contributed by atoms with van der Waals surface area (Å²) in [5, 5.41) is 12.2. The third kappa shape index (κ3) is 5.47. The lowest BCUT2D eigenvalue weighted by Gasteiger charge is -2.14. The van der Waals surface area contributed by atoms with Crippen LogP contribution in [-0.4, -0.2) is 17.1 Å². The van der Waals surface area contributed by atoms with Crippen LogP contribution in [0.15, 0.2) is 65.2 Å². The molecule has 2 aromatic carbocycles. The molecule has 0 saturated carbocycles. The van der Waals surface area contributed by atoms with Crippen LogP contribution in [0, 0.1) is 0 Å². The molecule has 0 saturated heterocycles. The molecule has 0 radical (unpaired) electrons. The number of carbonyl (C=O) groups excluding carboxylic acids is 2. The first-order valence-corrected chi connectivity index (χ1v) is 9.73. The van der Waals surface area contributed by atoms with Crippen molar-refractivity contribution in [3.8, 4) is 0 Å². The van der Waals surface area contributed by atoms with Crippen molar-refractivity contribution >= 4 is 23.4 Å². The molecule has 7 heteroatoms. The average molecular weight is 406 g/mol. The second-order valence-electron chi connectivity index (χ2n) is 8.09. The van der Waals surface area contributed by atoms with Gasteiger partial charge in [-0.2, -0.15) is 0 Å². The molecule has 0 spiro atoms. The second kappa shape index (κ2) is 8.82. The maximum atomic E-state index is 12.5. The van der Waals surface area contributed by atoms with Crippen molar-refractivity contribution in [2.75, 3.05) is 10.6 Å². The fraction of sp³-hybridized carbons (Fsp3) is 0.261. The Morgan fingerprint density at radius 1 is 0.967 bits per heavy atom. The van der Waals surface area contributed by atoms with Gasteiger partial charge in [-0.25, -0.2) is 4.79 Å². The van der Waals surface area contributed by atoms with E-state index >= 15 is 0 Å². The van der Waals surface area contributed by atoms with Gasteiger partial charge in [0.1, 0.15) is 5.76 Å². The summed E-state index contributed by atoms with van der Waals surface area (Å²) in [7, 11) is 0. The number of hydrogen-bond acceptors (Lipinski definition) is 4. The molecule has 0 aliphatic rings. The van der Waals surface area contributed by atoms with Crippen molar-refractivity contribution in [2.45, 2.75) is 39.2 Å². The van der Waals surface area contributed by atoms with Crippen LogP contribution < -0.4 is 16.0 Å². The van der Waals surface area contributed by atoms with E-state index in [9.17, 15) is 9.59 Å². The van der Waals surface area contributed by atoms with Gasteiger partial charge in [-0.15, -0.1) is 0 Å². The van der Waals surface area contributed by atoms with E-state index in [-0.39, 0.29) is 17.4 Å². The minimum atomic E-state index is -0.446. The van der Waals surface area contributed by atoms with Crippen LogP contribution in [0.25, 0.3) is 0 Å². The Hall–Kier alpha value is -3.61. The fourth-order valence-electron chi connectivity index (χ4n) is 2.78. The Balaban J connectivity index is 1.55. The highest BCUT2D eigenvalue weighted by Crippen LogP contribution is 2.24. The van der Waals surface area contributed by atoms with Crippen LogP contribution >= 0.6 is 0 Å². The van der Waals surface area contributed by atoms with Gasteiger partial charge in [0.05, 0.1) is 6.04 Å². The minimum absolute atomic E-state index is 0.109. The highest BCUT2D eigenvalue weighted by molar-refractivity contribution is 6.00. The van der Waals surface area contributed by atoms with Gasteiger partial charge in [-0.3, -0.25) is 10.1 Å². The predicted molar refractivity (Wildman–Crippen MR) is 117 cm³/mol. The molecule has 1 atom stereocenters. The van der Waals surface area contributed by atoms with Crippen molar-refractivity contribution in [3.05, 3.63) is 77.6 Å². The lowest BCUT2D eigenvalue weighted by atomic mass is 9.93. The monoisotopic (exact) mass is 406 g/mol. The zero-order chi connectivity index (χ0) is 21.7. The quantitative estimate of drug-likeness (QED) is 0.549. The Labute approximate surface area is 175 Å². The summed E-state index contributed by atoms with van der Waals surface area (Å²) in [4.78, 5) is 24.6. The van der Waals surface area contributed by atoms with Crippen molar-refractivity contribution in [2.24, 2.45) is 0 Å². The highest BCUT2D eigenvalue weighted by Gasteiger charge is 2.20. The topological polar surface area (TPSA) is 96.3 Å². The van der Waals surface area contributed by atoms with Crippen molar-refractivity contribution in [3.63, 3.8) is 0 Å². The van der Waals surface area contributed by atoms with Crippen LogP contribution in [0.1, 0.15) is 55.4 Å². The molecule has 0 fully saturated rings. The molecule has 7 nitrogen and oxygen atoms in total. The summed E-state index contributed by atoms with van der Waals surface area (Å²) in [6.07, 6.45) is 0. The number of benzene rings is 2. The van der Waals surface area contributed by atoms with E-state index < -0.39 is 6.03 Å². The fourth-order valence-corrected chi connectivity index (χ4v) is 2.78. The molecule has 0 bridgehead atoms. The average Bonchev–Trinajstić information content (AvgIpc) is 3.18. The third-order valence-corrected chi connectivity index (χ3v) is 4.54. The largest absolute Gasteiger partial charge is 0.359 e. The molecule has 156 valence electrons. The normalized spacial score (nSPS) is 12.1. The zero-order valence-electron chi connectivity index (χ0n) is 17.5. The Kier molecular flexibility index (Phi) is 6.20. The zero-order valence-corrected chi connectivity index (χ0v) is 17.5. The highest BCUT2D eigenvalue weighted by atomic mass is 16.5. The number of aromatic nitrogens is 1. The first kappa shape index (κ1) is 21.1. The number of urea groups is 1. The van der Waals surface area contributed by atoms with Crippen molar-refractivity contribution in [1.29, 1.82) is 0 Å². The number of carbonyl (C=O) groups is 2. The van der Waals surface area contributed by atoms with Gasteiger partial charge in [0.25, 0.3) is 5.91 Å². The minimum Gasteiger partial charge on any atom is -0.359 e. The van der Waals surface area contributed by atoms with E-state index in [0.29, 0.717) is 22.8 Å². The molecule has 0 aliphatic heterocycles. The maximum Gasteiger partial charge on any atom is 0.324 e. The van der Waals surface area contributed by atoms with E-state index in [1.54, 1.807) is 30.3 Å². The van der Waals surface area contributed by atoms with Gasteiger partial charge >= 0.3 is 6.03 Å². The Bertz CT molecular complexity index is 1000. The van der Waals surface area contributed by atoms with Gasteiger partial charge in [0.2, 0.25) is 0 Å². The summed E-state index contributed by atoms with van der Waals surface area (Å²) in [6, 6.07) is 17.6. The van der Waals surface area contributed by atoms with Gasteiger partial charge in [0, 0.05) is 22.7 Å². The molecular weight excluding hydrogens is 380 g/mol. The van der Waals surface area contributed by atoms with Crippen LogP contribution in [-0.2, 0) is 5.41 Å². The van der Waals surface area contributed by atoms with E-state index in [2.05, 4.69) is 21.1 Å². The molecule has 3 N–H and O–H groups in total. The van der Waals surface area contributed by atoms with Crippen LogP contribution in [0.5, 0.6) is 0 Å². The molecular formula is C23H26N4O3. The molecule has 30 heavy (non-hydrogen) atoms. The second-order valence-corrected chi connectivity index (χ2v) is 8.09. The molecule has 1 aromatic heterocycles. The predicted octanol–water partition coefficient (Wildman–Crippen LogP) is 5.11. The lowest BCUT2D eigenvalue weighted by molar-refractivity contribution is 0.0940. The van der Waals surface area contributed by atoms with E-state index in [0.717, 1.165) is 5.56 Å². The van der Waals surface area contributed by atoms with Crippen LogP contribution in [0.4, 0.5) is 16.3 Å². The first-order chi connectivity index (χ1) is 14.2. The first-order valence-electron chi connectivity index (χ1n) is 9.73. The number of nitrogens with zero attached hydrogens (tertiary/aromatic N) is 1. The standard InChI is InChI=1S/C23H26N4O3/c1-15(16-8-6-5-7-9-16)24-21(28)17-10-12-18(13-11-17)25-22(29)26-20-14-19(30-27-20)23(2,3)4/h5-15H,1-4H3,(H,24,28)(H2,25,26,27,29)/t15-/m0/s1. The van der Waals surface area contributed by atoms with E-state index in [1.165, 1.54) is 0 Å². The summed E-state index contributed by atoms with van der Waals surface area (Å²) < 4.78 is 5.25. The summed E-state index contributed by atoms with van der Waals surface area (Å²) >= 11 is 0. The smallest absolute Gasteiger partial charge is 0.324 e. The van der Waals surface area contributed by atoms with E-state index in [4.69, 9.17) is 4.52 Å². The number of hydrogen-bond donors (Lipinski definition) is 3. The molecule has 3 rings (SSSR count). The number of amides is 3. The molecule has 3 amide bonds.